The molecular formula is C21H26N4O. The molecule has 0 spiro atoms. The predicted octanol–water partition coefficient (Wildman–Crippen LogP) is 4.03. The van der Waals surface area contributed by atoms with E-state index < -0.39 is 0 Å². The fraction of sp³-hybridized carbons (Fsp3) is 0.476. The highest BCUT2D eigenvalue weighted by molar-refractivity contribution is 5.79. The van der Waals surface area contributed by atoms with E-state index in [0.717, 1.165) is 50.2 Å². The zero-order valence-electron chi connectivity index (χ0n) is 15.3. The molecule has 1 atom stereocenters. The smallest absolute Gasteiger partial charge is 0.227 e. The second kappa shape index (κ2) is 7.44. The molecule has 1 N–H and O–H groups in total. The van der Waals surface area contributed by atoms with Crippen LogP contribution in [0.4, 0.5) is 11.6 Å². The van der Waals surface area contributed by atoms with Crippen LogP contribution < -0.4 is 5.32 Å². The number of hydrogen-bond donors (Lipinski definition) is 1. The molecule has 5 nitrogen and oxygen atoms in total. The van der Waals surface area contributed by atoms with Crippen LogP contribution in [0, 0.1) is 12.8 Å². The van der Waals surface area contributed by atoms with E-state index in [2.05, 4.69) is 34.3 Å². The van der Waals surface area contributed by atoms with Crippen LogP contribution in [0.2, 0.25) is 0 Å². The summed E-state index contributed by atoms with van der Waals surface area (Å²) in [6.45, 7) is 3.75. The predicted molar refractivity (Wildman–Crippen MR) is 102 cm³/mol. The first-order valence-corrected chi connectivity index (χ1v) is 9.64. The van der Waals surface area contributed by atoms with Crippen molar-refractivity contribution in [2.75, 3.05) is 18.4 Å². The van der Waals surface area contributed by atoms with Crippen LogP contribution in [0.1, 0.15) is 49.3 Å². The zero-order valence-corrected chi connectivity index (χ0v) is 15.3. The van der Waals surface area contributed by atoms with Gasteiger partial charge >= 0.3 is 0 Å². The number of hydrogen-bond acceptors (Lipinski definition) is 4. The maximum absolute atomic E-state index is 12.6. The first kappa shape index (κ1) is 17.0. The maximum atomic E-state index is 12.6. The van der Waals surface area contributed by atoms with Gasteiger partial charge in [0.05, 0.1) is 5.69 Å². The first-order chi connectivity index (χ1) is 12.7. The van der Waals surface area contributed by atoms with Gasteiger partial charge in [-0.05, 0) is 56.4 Å². The van der Waals surface area contributed by atoms with Crippen LogP contribution in [0.5, 0.6) is 0 Å². The van der Waals surface area contributed by atoms with Gasteiger partial charge in [-0.2, -0.15) is 0 Å². The standard InChI is InChI=1S/C21H26N4O/c1-15-5-2-9-18(13-15)23-21-22-11-10-19(24-21)17-8-4-12-25(14-17)20(26)16-6-3-7-16/h2,5,9-11,13,16-17H,3-4,6-8,12,14H2,1H3,(H,22,23,24). The van der Waals surface area contributed by atoms with Gasteiger partial charge in [0.2, 0.25) is 11.9 Å². The third-order valence-electron chi connectivity index (χ3n) is 5.56. The number of rotatable bonds is 4. The van der Waals surface area contributed by atoms with E-state index in [4.69, 9.17) is 4.98 Å². The summed E-state index contributed by atoms with van der Waals surface area (Å²) in [5.74, 6) is 1.55. The molecule has 1 unspecified atom stereocenters. The summed E-state index contributed by atoms with van der Waals surface area (Å²) in [6, 6.07) is 10.2. The summed E-state index contributed by atoms with van der Waals surface area (Å²) in [4.78, 5) is 23.7. The van der Waals surface area contributed by atoms with Gasteiger partial charge in [0.15, 0.2) is 0 Å². The van der Waals surface area contributed by atoms with Gasteiger partial charge < -0.3 is 10.2 Å². The number of nitrogens with one attached hydrogen (secondary N) is 1. The van der Waals surface area contributed by atoms with Crippen molar-refractivity contribution in [1.82, 2.24) is 14.9 Å². The van der Waals surface area contributed by atoms with Crippen LogP contribution in [0.3, 0.4) is 0 Å². The average Bonchev–Trinajstić information content (AvgIpc) is 2.61. The number of likely N-dealkylation sites (tertiary alicyclic amines) is 1. The minimum atomic E-state index is 0.276. The lowest BCUT2D eigenvalue weighted by Crippen LogP contribution is -2.44. The first-order valence-electron chi connectivity index (χ1n) is 9.64. The van der Waals surface area contributed by atoms with Crippen molar-refractivity contribution in [3.63, 3.8) is 0 Å². The average molecular weight is 350 g/mol. The van der Waals surface area contributed by atoms with Gasteiger partial charge in [-0.15, -0.1) is 0 Å². The van der Waals surface area contributed by atoms with Crippen LogP contribution in [0.15, 0.2) is 36.5 Å². The molecule has 1 aliphatic carbocycles. The Morgan fingerprint density at radius 3 is 2.85 bits per heavy atom. The number of amides is 1. The Hall–Kier alpha value is -2.43. The molecule has 5 heteroatoms. The third kappa shape index (κ3) is 3.71. The van der Waals surface area contributed by atoms with Gasteiger partial charge in [0.25, 0.3) is 0 Å². The second-order valence-electron chi connectivity index (χ2n) is 7.55. The molecule has 1 aromatic heterocycles. The third-order valence-corrected chi connectivity index (χ3v) is 5.56. The van der Waals surface area contributed by atoms with Crippen LogP contribution in [0.25, 0.3) is 0 Å². The Bertz CT molecular complexity index is 787. The van der Waals surface area contributed by atoms with Crippen molar-refractivity contribution >= 4 is 17.5 Å². The second-order valence-corrected chi connectivity index (χ2v) is 7.55. The van der Waals surface area contributed by atoms with Crippen molar-refractivity contribution in [2.24, 2.45) is 5.92 Å². The van der Waals surface area contributed by atoms with E-state index >= 15 is 0 Å². The normalized spacial score (nSPS) is 20.5. The molecule has 2 aliphatic rings. The molecule has 2 fully saturated rings. The van der Waals surface area contributed by atoms with Crippen molar-refractivity contribution in [1.29, 1.82) is 0 Å². The lowest BCUT2D eigenvalue weighted by atomic mass is 9.83. The Balaban J connectivity index is 1.46. The summed E-state index contributed by atoms with van der Waals surface area (Å²) in [5, 5.41) is 3.29. The van der Waals surface area contributed by atoms with Gasteiger partial charge in [-0.25, -0.2) is 9.97 Å². The van der Waals surface area contributed by atoms with Crippen LogP contribution >= 0.6 is 0 Å². The highest BCUT2D eigenvalue weighted by Gasteiger charge is 2.32. The summed E-state index contributed by atoms with van der Waals surface area (Å²) in [7, 11) is 0. The Labute approximate surface area is 154 Å². The highest BCUT2D eigenvalue weighted by Crippen LogP contribution is 2.32. The van der Waals surface area contributed by atoms with Crippen molar-refractivity contribution in [2.45, 2.75) is 44.9 Å². The van der Waals surface area contributed by atoms with E-state index in [1.165, 1.54) is 12.0 Å². The van der Waals surface area contributed by atoms with Gasteiger partial charge in [0, 0.05) is 36.8 Å². The summed E-state index contributed by atoms with van der Waals surface area (Å²) >= 11 is 0. The largest absolute Gasteiger partial charge is 0.342 e. The number of carbonyl (C=O) groups is 1. The quantitative estimate of drug-likeness (QED) is 0.904. The number of nitrogens with zero attached hydrogens (tertiary/aromatic N) is 3. The molecule has 136 valence electrons. The van der Waals surface area contributed by atoms with Crippen LogP contribution in [-0.2, 0) is 4.79 Å². The maximum Gasteiger partial charge on any atom is 0.227 e. The summed E-state index contributed by atoms with van der Waals surface area (Å²) in [6.07, 6.45) is 7.28. The molecule has 1 aromatic carbocycles. The number of aromatic nitrogens is 2. The molecule has 1 aliphatic heterocycles. The van der Waals surface area contributed by atoms with Crippen LogP contribution in [-0.4, -0.2) is 33.9 Å². The van der Waals surface area contributed by atoms with E-state index in [1.807, 2.05) is 24.4 Å². The van der Waals surface area contributed by atoms with Gasteiger partial charge in [-0.3, -0.25) is 4.79 Å². The summed E-state index contributed by atoms with van der Waals surface area (Å²) < 4.78 is 0. The molecule has 1 saturated carbocycles. The van der Waals surface area contributed by atoms with Gasteiger partial charge in [-0.1, -0.05) is 18.6 Å². The minimum Gasteiger partial charge on any atom is -0.342 e. The Morgan fingerprint density at radius 2 is 2.08 bits per heavy atom. The Morgan fingerprint density at radius 1 is 1.19 bits per heavy atom. The molecule has 4 rings (SSSR count). The van der Waals surface area contributed by atoms with Crippen molar-refractivity contribution in [3.8, 4) is 0 Å². The number of piperidine rings is 1. The molecule has 0 bridgehead atoms. The lowest BCUT2D eigenvalue weighted by Gasteiger charge is -2.37. The van der Waals surface area contributed by atoms with Gasteiger partial charge in [0.1, 0.15) is 0 Å². The minimum absolute atomic E-state index is 0.276. The van der Waals surface area contributed by atoms with E-state index in [-0.39, 0.29) is 5.92 Å². The van der Waals surface area contributed by atoms with Crippen molar-refractivity contribution < 1.29 is 4.79 Å². The fourth-order valence-electron chi connectivity index (χ4n) is 3.84. The highest BCUT2D eigenvalue weighted by atomic mass is 16.2. The van der Waals surface area contributed by atoms with E-state index in [9.17, 15) is 4.79 Å². The lowest BCUT2D eigenvalue weighted by molar-refractivity contribution is -0.139. The molecule has 26 heavy (non-hydrogen) atoms. The molecule has 2 aromatic rings. The summed E-state index contributed by atoms with van der Waals surface area (Å²) in [5.41, 5.74) is 3.22. The number of carbonyl (C=O) groups excluding carboxylic acids is 1. The fourth-order valence-corrected chi connectivity index (χ4v) is 3.84. The molecular weight excluding hydrogens is 324 g/mol. The van der Waals surface area contributed by atoms with E-state index in [0.29, 0.717) is 17.8 Å². The molecule has 1 saturated heterocycles. The molecule has 2 heterocycles. The van der Waals surface area contributed by atoms with Crippen molar-refractivity contribution in [3.05, 3.63) is 47.8 Å². The van der Waals surface area contributed by atoms with E-state index in [1.54, 1.807) is 0 Å². The monoisotopic (exact) mass is 350 g/mol. The number of anilines is 2. The molecule has 0 radical (unpaired) electrons. The SMILES string of the molecule is Cc1cccc(Nc2nccc(C3CCCN(C(=O)C4CCC4)C3)n2)c1. The molecule has 1 amide bonds. The zero-order chi connectivity index (χ0) is 17.9. The Kier molecular flexibility index (Phi) is 4.87. The number of benzene rings is 1. The number of aryl methyl sites for hydroxylation is 1. The topological polar surface area (TPSA) is 58.1 Å².